The number of fused-ring (bicyclic) bond motifs is 3. The van der Waals surface area contributed by atoms with Gasteiger partial charge in [-0.15, -0.1) is 11.3 Å². The molecule has 2 aliphatic heterocycles. The van der Waals surface area contributed by atoms with Crippen molar-refractivity contribution < 1.29 is 37.1 Å². The molecule has 2 fully saturated rings. The molecule has 7 rings (SSSR count). The van der Waals surface area contributed by atoms with E-state index in [0.717, 1.165) is 49.0 Å². The number of hydrogen-bond donors (Lipinski definition) is 3. The van der Waals surface area contributed by atoms with Gasteiger partial charge >= 0.3 is 16.3 Å². The van der Waals surface area contributed by atoms with E-state index in [1.165, 1.54) is 30.3 Å². The number of imidazole rings is 1. The number of benzene rings is 2. The molecule has 19 heteroatoms. The minimum Gasteiger partial charge on any atom is -0.459 e. The number of nitrogens with one attached hydrogen (secondary N) is 3. The van der Waals surface area contributed by atoms with Crippen LogP contribution in [0.3, 0.4) is 0 Å². The number of alkyl carbamates (subject to hydrolysis) is 1. The lowest BCUT2D eigenvalue weighted by molar-refractivity contribution is -0.141. The van der Waals surface area contributed by atoms with Crippen LogP contribution in [-0.4, -0.2) is 106 Å². The Kier molecular flexibility index (Phi) is 13.4. The molecule has 338 valence electrons. The zero-order valence-corrected chi connectivity index (χ0v) is 39.7. The Morgan fingerprint density at radius 1 is 1.06 bits per heavy atom. The van der Waals surface area contributed by atoms with Gasteiger partial charge in [-0.05, 0) is 84.6 Å². The number of thiazole rings is 1. The van der Waals surface area contributed by atoms with Gasteiger partial charge < -0.3 is 25.0 Å². The summed E-state index contributed by atoms with van der Waals surface area (Å²) in [5.74, 6) is -2.51. The van der Waals surface area contributed by atoms with E-state index in [-0.39, 0.29) is 25.4 Å². The monoisotopic (exact) mass is 966 g/mol. The molecule has 63 heavy (non-hydrogen) atoms. The zero-order valence-electron chi connectivity index (χ0n) is 36.5. The lowest BCUT2D eigenvalue weighted by Crippen LogP contribution is -2.58. The normalized spacial score (nSPS) is 23.9. The topological polar surface area (TPSA) is 194 Å². The third-order valence-electron chi connectivity index (χ3n) is 11.4. The zero-order chi connectivity index (χ0) is 45.4. The largest absolute Gasteiger partial charge is 0.459 e. The van der Waals surface area contributed by atoms with Gasteiger partial charge in [0.1, 0.15) is 39.9 Å². The summed E-state index contributed by atoms with van der Waals surface area (Å²) in [6.45, 7) is 9.17. The van der Waals surface area contributed by atoms with Crippen molar-refractivity contribution in [1.82, 2.24) is 39.1 Å². The predicted octanol–water partition coefficient (Wildman–Crippen LogP) is 6.73. The first kappa shape index (κ1) is 46.2. The van der Waals surface area contributed by atoms with E-state index < -0.39 is 69.3 Å². The maximum atomic E-state index is 14.7. The van der Waals surface area contributed by atoms with Crippen molar-refractivity contribution in [3.63, 3.8) is 0 Å². The molecule has 2 aromatic heterocycles. The maximum absolute atomic E-state index is 14.7. The highest BCUT2D eigenvalue weighted by Crippen LogP contribution is 2.46. The smallest absolute Gasteiger partial charge is 0.408 e. The molecular weight excluding hydrogens is 913 g/mol. The van der Waals surface area contributed by atoms with Gasteiger partial charge in [-0.2, -0.15) is 17.7 Å². The maximum Gasteiger partial charge on any atom is 0.408 e. The molecule has 1 aliphatic carbocycles. The standard InChI is InChI=1S/C44H55BrN8O8S2/c1-26(2)53-34-17-13-15-31(38-46-33(25-62-38)27-18-20-29(45)21-19-27)36(34)48-41(53)60-30-22-35-37(54)49-44(40(56)50-63(58,59)51(6)7)23-28(44)14-11-9-8-10-12-16-32(39(55)52(35)24-30)47-42(57)61-43(3,4)5/h11,13-15,17-21,25-26,28,30,32,35H,8-10,12,16,22-24H2,1-7H3,(H,47,57)(H,49,54)(H,50,56)/b14-11-/t28-,30-,32+,35+,44-/m1/s1. The fourth-order valence-corrected chi connectivity index (χ4v) is 9.78. The van der Waals surface area contributed by atoms with Crippen LogP contribution < -0.4 is 20.1 Å². The number of para-hydroxylation sites is 1. The molecule has 2 aromatic carbocycles. The number of ether oxygens (including phenoxy) is 2. The number of nitrogens with zero attached hydrogens (tertiary/aromatic N) is 5. The molecular formula is C44H55BrN8O8S2. The highest BCUT2D eigenvalue weighted by molar-refractivity contribution is 9.10. The molecule has 0 radical (unpaired) electrons. The summed E-state index contributed by atoms with van der Waals surface area (Å²) < 4.78 is 43.9. The molecule has 1 saturated carbocycles. The Hall–Kier alpha value is -4.85. The van der Waals surface area contributed by atoms with Crippen LogP contribution in [0.1, 0.15) is 85.6 Å². The average molecular weight is 968 g/mol. The third kappa shape index (κ3) is 10.3. The second kappa shape index (κ2) is 18.3. The Labute approximate surface area is 380 Å². The molecule has 4 amide bonds. The van der Waals surface area contributed by atoms with E-state index in [1.54, 1.807) is 20.8 Å². The molecule has 3 N–H and O–H groups in total. The summed E-state index contributed by atoms with van der Waals surface area (Å²) in [4.78, 5) is 67.7. The van der Waals surface area contributed by atoms with Gasteiger partial charge in [-0.25, -0.2) is 14.5 Å². The van der Waals surface area contributed by atoms with Crippen LogP contribution in [-0.2, 0) is 29.3 Å². The van der Waals surface area contributed by atoms with Gasteiger partial charge in [0.25, 0.3) is 11.9 Å². The van der Waals surface area contributed by atoms with Crippen LogP contribution in [0.25, 0.3) is 32.9 Å². The van der Waals surface area contributed by atoms with Crippen LogP contribution >= 0.6 is 27.3 Å². The summed E-state index contributed by atoms with van der Waals surface area (Å²) in [5.41, 5.74) is 1.73. The molecule has 0 spiro atoms. The first-order valence-electron chi connectivity index (χ1n) is 21.2. The van der Waals surface area contributed by atoms with Gasteiger partial charge in [-0.3, -0.25) is 19.0 Å². The van der Waals surface area contributed by atoms with E-state index in [1.807, 2.05) is 78.4 Å². The summed E-state index contributed by atoms with van der Waals surface area (Å²) >= 11 is 5.01. The Balaban J connectivity index is 1.23. The molecule has 4 heterocycles. The minimum atomic E-state index is -4.19. The summed E-state index contributed by atoms with van der Waals surface area (Å²) in [6, 6.07) is 11.8. The predicted molar refractivity (Wildman–Crippen MR) is 244 cm³/mol. The lowest BCUT2D eigenvalue weighted by Gasteiger charge is -2.30. The van der Waals surface area contributed by atoms with Gasteiger partial charge in [0, 0.05) is 53.5 Å². The van der Waals surface area contributed by atoms with Gasteiger partial charge in [0.2, 0.25) is 11.8 Å². The highest BCUT2D eigenvalue weighted by atomic mass is 79.9. The molecule has 16 nitrogen and oxygen atoms in total. The number of carbonyl (C=O) groups is 4. The molecule has 5 atom stereocenters. The van der Waals surface area contributed by atoms with E-state index in [9.17, 15) is 27.6 Å². The number of carbonyl (C=O) groups excluding carboxylic acids is 4. The van der Waals surface area contributed by atoms with Crippen LogP contribution in [0, 0.1) is 5.92 Å². The summed E-state index contributed by atoms with van der Waals surface area (Å²) in [6.07, 6.45) is 5.52. The SMILES string of the molecule is CC(C)n1c(O[C@@H]2C[C@H]3C(=O)N[C@]4(C(=O)NS(=O)(=O)N(C)C)C[C@H]4/C=C\CCCCC[C@H](NC(=O)OC(C)(C)C)C(=O)N3C2)nc2c(-c3nc(-c4ccc(Br)cc4)cs3)cccc21. The van der Waals surface area contributed by atoms with Crippen LogP contribution in [0.5, 0.6) is 6.01 Å². The van der Waals surface area contributed by atoms with Gasteiger partial charge in [0.05, 0.1) is 17.8 Å². The van der Waals surface area contributed by atoms with Crippen molar-refractivity contribution >= 4 is 72.3 Å². The summed E-state index contributed by atoms with van der Waals surface area (Å²) in [7, 11) is -1.60. The number of halogens is 1. The number of rotatable bonds is 9. The number of amides is 4. The molecule has 0 unspecified atom stereocenters. The second-order valence-electron chi connectivity index (χ2n) is 17.8. The van der Waals surface area contributed by atoms with Crippen molar-refractivity contribution in [2.75, 3.05) is 20.6 Å². The van der Waals surface area contributed by atoms with Crippen LogP contribution in [0.2, 0.25) is 0 Å². The fraction of sp³-hybridized carbons (Fsp3) is 0.500. The van der Waals surface area contributed by atoms with Crippen molar-refractivity contribution in [1.29, 1.82) is 0 Å². The first-order chi connectivity index (χ1) is 29.8. The van der Waals surface area contributed by atoms with E-state index in [2.05, 4.69) is 31.3 Å². The molecule has 0 bridgehead atoms. The van der Waals surface area contributed by atoms with Crippen molar-refractivity contribution in [3.8, 4) is 27.8 Å². The quantitative estimate of drug-likeness (QED) is 0.152. The highest BCUT2D eigenvalue weighted by Gasteiger charge is 2.62. The number of hydrogen-bond acceptors (Lipinski definition) is 11. The number of allylic oxidation sites excluding steroid dienone is 1. The molecule has 4 aromatic rings. The number of aromatic nitrogens is 3. The van der Waals surface area contributed by atoms with Crippen molar-refractivity contribution in [2.24, 2.45) is 5.92 Å². The van der Waals surface area contributed by atoms with E-state index in [4.69, 9.17) is 19.4 Å². The third-order valence-corrected chi connectivity index (χ3v) is 14.2. The van der Waals surface area contributed by atoms with Crippen molar-refractivity contribution in [3.05, 3.63) is 64.5 Å². The van der Waals surface area contributed by atoms with E-state index >= 15 is 0 Å². The van der Waals surface area contributed by atoms with Gasteiger partial charge in [0.15, 0.2) is 0 Å². The van der Waals surface area contributed by atoms with Crippen LogP contribution in [0.15, 0.2) is 64.5 Å². The Bertz CT molecular complexity index is 2520. The second-order valence-corrected chi connectivity index (χ2v) is 21.5. The lowest BCUT2D eigenvalue weighted by atomic mass is 10.0. The first-order valence-corrected chi connectivity index (χ1v) is 24.3. The summed E-state index contributed by atoms with van der Waals surface area (Å²) in [5, 5.41) is 8.44. The van der Waals surface area contributed by atoms with Gasteiger partial charge in [-0.1, -0.05) is 59.1 Å². The van der Waals surface area contributed by atoms with Crippen LogP contribution in [0.4, 0.5) is 4.79 Å². The Morgan fingerprint density at radius 3 is 2.51 bits per heavy atom. The van der Waals surface area contributed by atoms with E-state index in [0.29, 0.717) is 30.8 Å². The van der Waals surface area contributed by atoms with Crippen molar-refractivity contribution in [2.45, 2.75) is 115 Å². The molecule has 1 saturated heterocycles. The average Bonchev–Trinajstić information content (AvgIpc) is 3.55. The molecule has 3 aliphatic rings. The fourth-order valence-electron chi connectivity index (χ4n) is 8.06. The Morgan fingerprint density at radius 2 is 1.81 bits per heavy atom. The minimum absolute atomic E-state index is 0.0160.